The first kappa shape index (κ1) is 14.5. The molecular formula is C20H23N3. The number of H-pyrrole nitrogens is 1. The van der Waals surface area contributed by atoms with Crippen LogP contribution < -0.4 is 0 Å². The van der Waals surface area contributed by atoms with Crippen molar-refractivity contribution in [3.8, 4) is 11.1 Å². The highest BCUT2D eigenvalue weighted by Gasteiger charge is 2.17. The van der Waals surface area contributed by atoms with Crippen molar-refractivity contribution >= 4 is 11.0 Å². The number of fused-ring (bicyclic) bond motifs is 2. The largest absolute Gasteiger partial charge is 0.346 e. The number of benzene rings is 1. The van der Waals surface area contributed by atoms with Crippen LogP contribution in [0.4, 0.5) is 0 Å². The van der Waals surface area contributed by atoms with Gasteiger partial charge in [0, 0.05) is 43.0 Å². The number of hydrogen-bond donors (Lipinski definition) is 1. The Morgan fingerprint density at radius 2 is 2.04 bits per heavy atom. The van der Waals surface area contributed by atoms with Crippen LogP contribution in [0.25, 0.3) is 22.2 Å². The van der Waals surface area contributed by atoms with Gasteiger partial charge in [-0.1, -0.05) is 26.0 Å². The first-order chi connectivity index (χ1) is 11.2. The van der Waals surface area contributed by atoms with E-state index < -0.39 is 0 Å². The molecule has 1 N–H and O–H groups in total. The molecular weight excluding hydrogens is 282 g/mol. The highest BCUT2D eigenvalue weighted by Crippen LogP contribution is 2.27. The Labute approximate surface area is 137 Å². The second kappa shape index (κ2) is 5.82. The third kappa shape index (κ3) is 2.89. The molecule has 1 aromatic carbocycles. The predicted molar refractivity (Wildman–Crippen MR) is 95.3 cm³/mol. The van der Waals surface area contributed by atoms with Crippen molar-refractivity contribution < 1.29 is 0 Å². The topological polar surface area (TPSA) is 31.9 Å². The lowest BCUT2D eigenvalue weighted by atomic mass is 9.94. The van der Waals surface area contributed by atoms with E-state index in [4.69, 9.17) is 0 Å². The summed E-state index contributed by atoms with van der Waals surface area (Å²) >= 11 is 0. The minimum absolute atomic E-state index is 0.722. The first-order valence-electron chi connectivity index (χ1n) is 8.47. The summed E-state index contributed by atoms with van der Waals surface area (Å²) in [6.07, 6.45) is 5.07. The molecule has 3 nitrogen and oxygen atoms in total. The zero-order valence-corrected chi connectivity index (χ0v) is 13.8. The summed E-state index contributed by atoms with van der Waals surface area (Å²) in [5.74, 6) is 0.722. The summed E-state index contributed by atoms with van der Waals surface area (Å²) in [6.45, 7) is 8.02. The molecule has 1 aliphatic heterocycles. The molecule has 0 atom stereocenters. The Morgan fingerprint density at radius 3 is 2.91 bits per heavy atom. The molecule has 0 amide bonds. The van der Waals surface area contributed by atoms with Crippen LogP contribution in [-0.4, -0.2) is 28.0 Å². The number of aromatic amines is 1. The van der Waals surface area contributed by atoms with Crippen molar-refractivity contribution in [2.24, 2.45) is 5.92 Å². The van der Waals surface area contributed by atoms with Crippen LogP contribution in [0.1, 0.15) is 25.0 Å². The highest BCUT2D eigenvalue weighted by molar-refractivity contribution is 5.81. The molecule has 1 aliphatic rings. The Balaban J connectivity index is 1.66. The second-order valence-corrected chi connectivity index (χ2v) is 7.00. The van der Waals surface area contributed by atoms with Gasteiger partial charge in [-0.05, 0) is 47.2 Å². The highest BCUT2D eigenvalue weighted by atomic mass is 15.1. The molecule has 3 heterocycles. The van der Waals surface area contributed by atoms with Crippen molar-refractivity contribution in [2.75, 3.05) is 13.1 Å². The molecule has 0 radical (unpaired) electrons. The Morgan fingerprint density at radius 1 is 1.13 bits per heavy atom. The van der Waals surface area contributed by atoms with Gasteiger partial charge in [0.05, 0.1) is 0 Å². The van der Waals surface area contributed by atoms with Crippen molar-refractivity contribution in [2.45, 2.75) is 26.8 Å². The lowest BCUT2D eigenvalue weighted by Gasteiger charge is -2.30. The van der Waals surface area contributed by atoms with Gasteiger partial charge < -0.3 is 4.98 Å². The fourth-order valence-corrected chi connectivity index (χ4v) is 3.57. The molecule has 0 bridgehead atoms. The number of rotatable bonds is 3. The second-order valence-electron chi connectivity index (χ2n) is 7.00. The molecule has 118 valence electrons. The quantitative estimate of drug-likeness (QED) is 0.784. The normalized spacial score (nSPS) is 15.3. The van der Waals surface area contributed by atoms with Gasteiger partial charge in [0.15, 0.2) is 0 Å². The summed E-state index contributed by atoms with van der Waals surface area (Å²) in [5, 5.41) is 1.17. The summed E-state index contributed by atoms with van der Waals surface area (Å²) in [7, 11) is 0. The molecule has 0 spiro atoms. The van der Waals surface area contributed by atoms with Crippen LogP contribution in [0.3, 0.4) is 0 Å². The summed E-state index contributed by atoms with van der Waals surface area (Å²) < 4.78 is 0. The van der Waals surface area contributed by atoms with E-state index in [1.54, 1.807) is 0 Å². The maximum Gasteiger partial charge on any atom is 0.137 e. The predicted octanol–water partition coefficient (Wildman–Crippen LogP) is 4.24. The van der Waals surface area contributed by atoms with Crippen molar-refractivity contribution in [3.05, 3.63) is 53.9 Å². The fraction of sp³-hybridized carbons (Fsp3) is 0.350. The molecule has 3 heteroatoms. The fourth-order valence-electron chi connectivity index (χ4n) is 3.57. The molecule has 0 unspecified atom stereocenters. The van der Waals surface area contributed by atoms with Crippen LogP contribution in [0, 0.1) is 5.92 Å². The van der Waals surface area contributed by atoms with E-state index in [-0.39, 0.29) is 0 Å². The minimum Gasteiger partial charge on any atom is -0.346 e. The van der Waals surface area contributed by atoms with Gasteiger partial charge in [0.2, 0.25) is 0 Å². The van der Waals surface area contributed by atoms with Gasteiger partial charge in [-0.3, -0.25) is 4.90 Å². The molecule has 4 rings (SSSR count). The van der Waals surface area contributed by atoms with Crippen LogP contribution in [0.5, 0.6) is 0 Å². The Kier molecular flexibility index (Phi) is 3.66. The maximum absolute atomic E-state index is 4.52. The van der Waals surface area contributed by atoms with Crippen LogP contribution in [0.2, 0.25) is 0 Å². The number of hydrogen-bond acceptors (Lipinski definition) is 2. The minimum atomic E-state index is 0.722. The first-order valence-corrected chi connectivity index (χ1v) is 8.47. The number of pyridine rings is 1. The van der Waals surface area contributed by atoms with E-state index >= 15 is 0 Å². The van der Waals surface area contributed by atoms with Crippen molar-refractivity contribution in [3.63, 3.8) is 0 Å². The zero-order valence-electron chi connectivity index (χ0n) is 13.8. The van der Waals surface area contributed by atoms with Crippen LogP contribution >= 0.6 is 0 Å². The van der Waals surface area contributed by atoms with E-state index in [0.717, 1.165) is 24.5 Å². The summed E-state index contributed by atoms with van der Waals surface area (Å²) in [6, 6.07) is 11.2. The summed E-state index contributed by atoms with van der Waals surface area (Å²) in [5.41, 5.74) is 6.40. The van der Waals surface area contributed by atoms with Gasteiger partial charge in [0.1, 0.15) is 5.65 Å². The Hall–Kier alpha value is -2.13. The molecule has 0 saturated carbocycles. The number of aromatic nitrogens is 2. The van der Waals surface area contributed by atoms with E-state index in [1.165, 1.54) is 40.7 Å². The van der Waals surface area contributed by atoms with E-state index in [0.29, 0.717) is 0 Å². The third-order valence-electron chi connectivity index (χ3n) is 4.65. The molecule has 23 heavy (non-hydrogen) atoms. The van der Waals surface area contributed by atoms with Crippen molar-refractivity contribution in [1.82, 2.24) is 14.9 Å². The standard InChI is InChI=1S/C20H23N3/c1-14(2)12-23-8-6-15-3-4-16(9-19(15)13-23)18-10-17-5-7-21-20(17)22-11-18/h3-5,7,9-11,14H,6,8,12-13H2,1-2H3,(H,21,22). The third-order valence-corrected chi connectivity index (χ3v) is 4.65. The lowest BCUT2D eigenvalue weighted by molar-refractivity contribution is 0.226. The van der Waals surface area contributed by atoms with Gasteiger partial charge in [-0.25, -0.2) is 4.98 Å². The molecule has 0 fully saturated rings. The molecule has 0 saturated heterocycles. The summed E-state index contributed by atoms with van der Waals surface area (Å²) in [4.78, 5) is 10.2. The van der Waals surface area contributed by atoms with E-state index in [2.05, 4.69) is 59.0 Å². The number of nitrogens with one attached hydrogen (secondary N) is 1. The van der Waals surface area contributed by atoms with Crippen molar-refractivity contribution in [1.29, 1.82) is 0 Å². The van der Waals surface area contributed by atoms with Gasteiger partial charge in [-0.15, -0.1) is 0 Å². The number of nitrogens with zero attached hydrogens (tertiary/aromatic N) is 2. The Bertz CT molecular complexity index is 832. The average molecular weight is 305 g/mol. The molecule has 0 aliphatic carbocycles. The van der Waals surface area contributed by atoms with Crippen LogP contribution in [-0.2, 0) is 13.0 Å². The molecule has 3 aromatic rings. The van der Waals surface area contributed by atoms with E-state index in [9.17, 15) is 0 Å². The van der Waals surface area contributed by atoms with Gasteiger partial charge in [0.25, 0.3) is 0 Å². The van der Waals surface area contributed by atoms with E-state index in [1.807, 2.05) is 12.4 Å². The zero-order chi connectivity index (χ0) is 15.8. The monoisotopic (exact) mass is 305 g/mol. The van der Waals surface area contributed by atoms with Gasteiger partial charge in [-0.2, -0.15) is 0 Å². The maximum atomic E-state index is 4.52. The molecule has 2 aromatic heterocycles. The van der Waals surface area contributed by atoms with Crippen LogP contribution in [0.15, 0.2) is 42.7 Å². The smallest absolute Gasteiger partial charge is 0.137 e. The lowest BCUT2D eigenvalue weighted by Crippen LogP contribution is -2.33. The SMILES string of the molecule is CC(C)CN1CCc2ccc(-c3cnc4[nH]ccc4c3)cc2C1. The average Bonchev–Trinajstić information content (AvgIpc) is 3.01. The van der Waals surface area contributed by atoms with Gasteiger partial charge >= 0.3 is 0 Å².